The van der Waals surface area contributed by atoms with Crippen molar-refractivity contribution in [3.05, 3.63) is 58.8 Å². The highest BCUT2D eigenvalue weighted by Gasteiger charge is 2.25. The van der Waals surface area contributed by atoms with Gasteiger partial charge in [0.25, 0.3) is 0 Å². The lowest BCUT2D eigenvalue weighted by Crippen LogP contribution is -2.49. The molecular weight excluding hydrogens is 405 g/mol. The molecule has 0 unspecified atom stereocenters. The molecule has 0 bridgehead atoms. The largest absolute Gasteiger partial charge is 0.351 e. The van der Waals surface area contributed by atoms with Crippen molar-refractivity contribution in [2.24, 2.45) is 0 Å². The van der Waals surface area contributed by atoms with E-state index < -0.39 is 0 Å². The Hall–Kier alpha value is -3.40. The Labute approximate surface area is 175 Å². The zero-order valence-corrected chi connectivity index (χ0v) is 16.8. The number of hydrogen-bond acceptors (Lipinski definition) is 7. The minimum atomic E-state index is -0.315. The van der Waals surface area contributed by atoms with Crippen LogP contribution >= 0.6 is 11.3 Å². The van der Waals surface area contributed by atoms with E-state index in [1.54, 1.807) is 28.2 Å². The summed E-state index contributed by atoms with van der Waals surface area (Å²) in [5.74, 6) is 0.524. The molecule has 8 nitrogen and oxygen atoms in total. The fraction of sp³-hybridized carbons (Fsp3) is 0.250. The normalized spacial score (nSPS) is 14.4. The Kier molecular flexibility index (Phi) is 4.83. The predicted molar refractivity (Wildman–Crippen MR) is 111 cm³/mol. The van der Waals surface area contributed by atoms with Gasteiger partial charge < -0.3 is 9.80 Å². The second-order valence-electron chi connectivity index (χ2n) is 6.97. The Bertz CT molecular complexity index is 1170. The minimum Gasteiger partial charge on any atom is -0.351 e. The number of fused-ring (bicyclic) bond motifs is 1. The van der Waals surface area contributed by atoms with Gasteiger partial charge in [0.2, 0.25) is 5.91 Å². The number of benzene rings is 1. The molecule has 1 fully saturated rings. The summed E-state index contributed by atoms with van der Waals surface area (Å²) < 4.78 is 14.8. The molecule has 5 rings (SSSR count). The van der Waals surface area contributed by atoms with Crippen LogP contribution in [0.2, 0.25) is 0 Å². The van der Waals surface area contributed by atoms with Crippen LogP contribution in [0.5, 0.6) is 0 Å². The van der Waals surface area contributed by atoms with E-state index in [9.17, 15) is 9.18 Å². The van der Waals surface area contributed by atoms with Gasteiger partial charge in [-0.25, -0.2) is 14.4 Å². The van der Waals surface area contributed by atoms with E-state index in [1.165, 1.54) is 18.5 Å². The molecule has 30 heavy (non-hydrogen) atoms. The summed E-state index contributed by atoms with van der Waals surface area (Å²) in [4.78, 5) is 26.4. The molecule has 4 aromatic rings. The van der Waals surface area contributed by atoms with Crippen LogP contribution in [0.1, 0.15) is 4.88 Å². The van der Waals surface area contributed by atoms with Crippen LogP contribution in [-0.4, -0.2) is 61.9 Å². The monoisotopic (exact) mass is 423 g/mol. The Balaban J connectivity index is 1.33. The van der Waals surface area contributed by atoms with Gasteiger partial charge in [-0.05, 0) is 35.7 Å². The standard InChI is InChI=1S/C20H18FN7OS/c21-14-3-5-15(6-4-14)28-20-18(24-25-28)19(22-13-23-20)27-9-7-26(8-10-27)17(29)12-16-2-1-11-30-16/h1-6,11,13H,7-10,12H2. The molecule has 0 radical (unpaired) electrons. The first-order chi connectivity index (χ1) is 14.7. The second kappa shape index (κ2) is 7.79. The van der Waals surface area contributed by atoms with E-state index in [-0.39, 0.29) is 11.7 Å². The molecule has 0 aliphatic carbocycles. The number of piperazine rings is 1. The molecule has 4 heterocycles. The zero-order chi connectivity index (χ0) is 20.5. The number of halogens is 1. The maximum atomic E-state index is 13.2. The van der Waals surface area contributed by atoms with E-state index in [2.05, 4.69) is 25.2 Å². The van der Waals surface area contributed by atoms with Crippen molar-refractivity contribution in [3.63, 3.8) is 0 Å². The first kappa shape index (κ1) is 18.6. The second-order valence-corrected chi connectivity index (χ2v) is 8.00. The van der Waals surface area contributed by atoms with E-state index in [0.717, 1.165) is 4.88 Å². The highest BCUT2D eigenvalue weighted by molar-refractivity contribution is 7.10. The third-order valence-electron chi connectivity index (χ3n) is 5.13. The van der Waals surface area contributed by atoms with Crippen molar-refractivity contribution in [2.75, 3.05) is 31.1 Å². The number of aromatic nitrogens is 5. The summed E-state index contributed by atoms with van der Waals surface area (Å²) >= 11 is 1.60. The van der Waals surface area contributed by atoms with Crippen LogP contribution in [0, 0.1) is 5.82 Å². The van der Waals surface area contributed by atoms with Gasteiger partial charge in [0.05, 0.1) is 12.1 Å². The maximum absolute atomic E-state index is 13.2. The fourth-order valence-corrected chi connectivity index (χ4v) is 4.26. The lowest BCUT2D eigenvalue weighted by Gasteiger charge is -2.35. The summed E-state index contributed by atoms with van der Waals surface area (Å²) in [5.41, 5.74) is 1.82. The van der Waals surface area contributed by atoms with Crippen LogP contribution in [0.15, 0.2) is 48.1 Å². The zero-order valence-electron chi connectivity index (χ0n) is 16.0. The number of amides is 1. The molecule has 3 aromatic heterocycles. The van der Waals surface area contributed by atoms with Crippen molar-refractivity contribution in [1.82, 2.24) is 29.9 Å². The Morgan fingerprint density at radius 3 is 2.60 bits per heavy atom. The fourth-order valence-electron chi connectivity index (χ4n) is 3.57. The molecule has 10 heteroatoms. The topological polar surface area (TPSA) is 80.0 Å². The molecule has 0 spiro atoms. The molecule has 152 valence electrons. The van der Waals surface area contributed by atoms with Crippen molar-refractivity contribution in [3.8, 4) is 5.69 Å². The summed E-state index contributed by atoms with van der Waals surface area (Å²) in [7, 11) is 0. The summed E-state index contributed by atoms with van der Waals surface area (Å²) in [6, 6.07) is 9.95. The van der Waals surface area contributed by atoms with Crippen molar-refractivity contribution < 1.29 is 9.18 Å². The molecule has 1 saturated heterocycles. The average Bonchev–Trinajstić information content (AvgIpc) is 3.44. The molecule has 0 saturated carbocycles. The SMILES string of the molecule is O=C(Cc1cccs1)N1CCN(c2ncnc3c2nnn3-c2ccc(F)cc2)CC1. The molecule has 1 aromatic carbocycles. The molecule has 1 aliphatic heterocycles. The van der Waals surface area contributed by atoms with Crippen LogP contribution in [0.25, 0.3) is 16.9 Å². The molecule has 0 atom stereocenters. The number of nitrogens with zero attached hydrogens (tertiary/aromatic N) is 7. The Morgan fingerprint density at radius 2 is 1.87 bits per heavy atom. The van der Waals surface area contributed by atoms with Crippen molar-refractivity contribution in [1.29, 1.82) is 0 Å². The Morgan fingerprint density at radius 1 is 1.07 bits per heavy atom. The maximum Gasteiger partial charge on any atom is 0.227 e. The van der Waals surface area contributed by atoms with Crippen LogP contribution < -0.4 is 4.90 Å². The van der Waals surface area contributed by atoms with Gasteiger partial charge in [0, 0.05) is 31.1 Å². The highest BCUT2D eigenvalue weighted by atomic mass is 32.1. The minimum absolute atomic E-state index is 0.146. The van der Waals surface area contributed by atoms with E-state index in [0.29, 0.717) is 55.3 Å². The third kappa shape index (κ3) is 3.50. The number of carbonyl (C=O) groups is 1. The molecule has 1 aliphatic rings. The predicted octanol–water partition coefficient (Wildman–Crippen LogP) is 2.30. The van der Waals surface area contributed by atoms with Gasteiger partial charge in [-0.15, -0.1) is 16.4 Å². The quantitative estimate of drug-likeness (QED) is 0.501. The van der Waals surface area contributed by atoms with Gasteiger partial charge in [-0.2, -0.15) is 4.68 Å². The van der Waals surface area contributed by atoms with Gasteiger partial charge in [-0.3, -0.25) is 4.79 Å². The van der Waals surface area contributed by atoms with Crippen molar-refractivity contribution >= 4 is 34.2 Å². The summed E-state index contributed by atoms with van der Waals surface area (Å²) in [5, 5.41) is 10.4. The highest BCUT2D eigenvalue weighted by Crippen LogP contribution is 2.24. The van der Waals surface area contributed by atoms with Gasteiger partial charge in [0.1, 0.15) is 12.1 Å². The third-order valence-corrected chi connectivity index (χ3v) is 6.00. The number of rotatable bonds is 4. The first-order valence-electron chi connectivity index (χ1n) is 9.56. The van der Waals surface area contributed by atoms with Crippen LogP contribution in [0.4, 0.5) is 10.2 Å². The smallest absolute Gasteiger partial charge is 0.227 e. The summed E-state index contributed by atoms with van der Waals surface area (Å²) in [6.07, 6.45) is 1.93. The van der Waals surface area contributed by atoms with Crippen LogP contribution in [-0.2, 0) is 11.2 Å². The molecular formula is C20H18FN7OS. The van der Waals surface area contributed by atoms with E-state index in [1.807, 2.05) is 22.4 Å². The molecule has 0 N–H and O–H groups in total. The van der Waals surface area contributed by atoms with Crippen LogP contribution in [0.3, 0.4) is 0 Å². The van der Waals surface area contributed by atoms with E-state index in [4.69, 9.17) is 0 Å². The van der Waals surface area contributed by atoms with E-state index >= 15 is 0 Å². The number of thiophene rings is 1. The van der Waals surface area contributed by atoms with Gasteiger partial charge in [0.15, 0.2) is 17.0 Å². The van der Waals surface area contributed by atoms with Gasteiger partial charge in [-0.1, -0.05) is 11.3 Å². The first-order valence-corrected chi connectivity index (χ1v) is 10.4. The molecule has 1 amide bonds. The lowest BCUT2D eigenvalue weighted by molar-refractivity contribution is -0.130. The number of anilines is 1. The average molecular weight is 423 g/mol. The number of hydrogen-bond donors (Lipinski definition) is 0. The van der Waals surface area contributed by atoms with Crippen molar-refractivity contribution in [2.45, 2.75) is 6.42 Å². The van der Waals surface area contributed by atoms with Gasteiger partial charge >= 0.3 is 0 Å². The summed E-state index contributed by atoms with van der Waals surface area (Å²) in [6.45, 7) is 2.57. The lowest BCUT2D eigenvalue weighted by atomic mass is 10.2. The number of carbonyl (C=O) groups excluding carboxylic acids is 1.